The van der Waals surface area contributed by atoms with E-state index >= 15 is 0 Å². The van der Waals surface area contributed by atoms with E-state index in [1.54, 1.807) is 13.0 Å². The molecule has 0 bridgehead atoms. The molecular weight excluding hydrogens is 371 g/mol. The molecule has 9 heteroatoms. The summed E-state index contributed by atoms with van der Waals surface area (Å²) in [6.07, 6.45) is -1.66. The van der Waals surface area contributed by atoms with E-state index in [4.69, 9.17) is 5.73 Å². The summed E-state index contributed by atoms with van der Waals surface area (Å²) >= 11 is 0. The van der Waals surface area contributed by atoms with E-state index in [-0.39, 0.29) is 11.5 Å². The lowest BCUT2D eigenvalue weighted by atomic mass is 9.98. The van der Waals surface area contributed by atoms with Gasteiger partial charge in [0, 0.05) is 23.3 Å². The molecule has 0 saturated heterocycles. The van der Waals surface area contributed by atoms with Crippen LogP contribution in [0.2, 0.25) is 0 Å². The molecule has 3 rings (SSSR count). The summed E-state index contributed by atoms with van der Waals surface area (Å²) in [4.78, 5) is 25.1. The van der Waals surface area contributed by atoms with Gasteiger partial charge in [-0.25, -0.2) is 15.0 Å². The van der Waals surface area contributed by atoms with E-state index in [1.807, 2.05) is 18.3 Å². The van der Waals surface area contributed by atoms with Gasteiger partial charge in [0.2, 0.25) is 5.95 Å². The third-order valence-electron chi connectivity index (χ3n) is 4.30. The Hall–Kier alpha value is -3.23. The molecule has 3 N–H and O–H groups in total. The quantitative estimate of drug-likeness (QED) is 0.714. The van der Waals surface area contributed by atoms with E-state index in [2.05, 4.69) is 15.0 Å². The number of amides is 1. The van der Waals surface area contributed by atoms with Crippen molar-refractivity contribution in [3.05, 3.63) is 47.3 Å². The molecule has 0 aliphatic heterocycles. The van der Waals surface area contributed by atoms with Gasteiger partial charge in [-0.05, 0) is 44.0 Å². The predicted molar refractivity (Wildman–Crippen MR) is 99.6 cm³/mol. The van der Waals surface area contributed by atoms with E-state index in [0.29, 0.717) is 22.2 Å². The highest BCUT2D eigenvalue weighted by Crippen LogP contribution is 2.28. The molecule has 6 nitrogen and oxygen atoms in total. The van der Waals surface area contributed by atoms with Gasteiger partial charge in [0.15, 0.2) is 0 Å². The summed E-state index contributed by atoms with van der Waals surface area (Å²) in [5.41, 5.74) is 8.61. The first-order chi connectivity index (χ1) is 13.1. The average molecular weight is 389 g/mol. The Morgan fingerprint density at radius 2 is 1.79 bits per heavy atom. The van der Waals surface area contributed by atoms with E-state index in [9.17, 15) is 18.0 Å². The Kier molecular flexibility index (Phi) is 4.93. The number of anilines is 1. The Balaban J connectivity index is 2.18. The first-order valence-corrected chi connectivity index (χ1v) is 8.43. The number of carbonyl (C=O) groups is 1. The molecule has 3 aromatic rings. The molecular formula is C19H18F3N5O. The van der Waals surface area contributed by atoms with Crippen molar-refractivity contribution in [2.45, 2.75) is 33.0 Å². The summed E-state index contributed by atoms with van der Waals surface area (Å²) in [7, 11) is 0. The van der Waals surface area contributed by atoms with Crippen molar-refractivity contribution < 1.29 is 18.0 Å². The van der Waals surface area contributed by atoms with Gasteiger partial charge in [-0.1, -0.05) is 6.07 Å². The van der Waals surface area contributed by atoms with Crippen molar-refractivity contribution in [1.29, 1.82) is 0 Å². The number of pyridine rings is 1. The molecule has 146 valence electrons. The highest BCUT2D eigenvalue weighted by molar-refractivity contribution is 6.08. The highest BCUT2D eigenvalue weighted by Gasteiger charge is 2.37. The zero-order valence-corrected chi connectivity index (χ0v) is 15.4. The lowest BCUT2D eigenvalue weighted by Gasteiger charge is -2.19. The smallest absolute Gasteiger partial charge is 0.368 e. The number of nitrogen functional groups attached to an aromatic ring is 1. The number of halogens is 3. The summed E-state index contributed by atoms with van der Waals surface area (Å²) in [6.45, 7) is 4.55. The first kappa shape index (κ1) is 19.5. The van der Waals surface area contributed by atoms with Crippen molar-refractivity contribution in [3.8, 4) is 11.3 Å². The number of aromatic nitrogens is 3. The van der Waals surface area contributed by atoms with Crippen LogP contribution in [0, 0.1) is 13.8 Å². The van der Waals surface area contributed by atoms with Gasteiger partial charge in [0.05, 0.1) is 16.8 Å². The number of carbonyl (C=O) groups excluding carboxylic acids is 1. The summed E-state index contributed by atoms with van der Waals surface area (Å²) < 4.78 is 38.7. The molecule has 0 radical (unpaired) electrons. The fourth-order valence-corrected chi connectivity index (χ4v) is 2.91. The van der Waals surface area contributed by atoms with Crippen molar-refractivity contribution in [2.75, 3.05) is 5.73 Å². The van der Waals surface area contributed by atoms with Gasteiger partial charge >= 0.3 is 6.18 Å². The molecule has 1 amide bonds. The van der Waals surface area contributed by atoms with Crippen molar-refractivity contribution in [3.63, 3.8) is 0 Å². The van der Waals surface area contributed by atoms with E-state index in [0.717, 1.165) is 18.1 Å². The number of nitrogens with two attached hydrogens (primary N) is 1. The summed E-state index contributed by atoms with van der Waals surface area (Å²) in [5, 5.41) is 2.51. The van der Waals surface area contributed by atoms with Crippen molar-refractivity contribution >= 4 is 22.8 Å². The van der Waals surface area contributed by atoms with Crippen LogP contribution in [0.5, 0.6) is 0 Å². The molecule has 0 aliphatic rings. The molecule has 2 heterocycles. The Bertz CT molecular complexity index is 1050. The van der Waals surface area contributed by atoms with Gasteiger partial charge < -0.3 is 11.1 Å². The number of hydrogen-bond acceptors (Lipinski definition) is 5. The van der Waals surface area contributed by atoms with E-state index < -0.39 is 18.1 Å². The second kappa shape index (κ2) is 7.06. The predicted octanol–water partition coefficient (Wildman–Crippen LogP) is 3.57. The molecule has 0 aliphatic carbocycles. The molecule has 0 fully saturated rings. The monoisotopic (exact) mass is 389 g/mol. The van der Waals surface area contributed by atoms with Crippen LogP contribution in [-0.4, -0.2) is 33.1 Å². The van der Waals surface area contributed by atoms with Crippen LogP contribution in [-0.2, 0) is 0 Å². The Morgan fingerprint density at radius 3 is 2.39 bits per heavy atom. The number of fused-ring (bicyclic) bond motifs is 1. The van der Waals surface area contributed by atoms with Crippen molar-refractivity contribution in [1.82, 2.24) is 20.3 Å². The van der Waals surface area contributed by atoms with Crippen molar-refractivity contribution in [2.24, 2.45) is 0 Å². The standard InChI is InChI=1S/C19H18F3N5O/c1-9-4-10(2)16-13(17(28)26-11(3)19(20,21)22)6-14(27-15(16)5-9)12-7-24-18(23)25-8-12/h4-8,11H,1-3H3,(H,26,28)(H2,23,24,25)/t11-/m1/s1. The molecule has 1 atom stereocenters. The van der Waals surface area contributed by atoms with Gasteiger partial charge in [0.1, 0.15) is 6.04 Å². The zero-order chi connectivity index (χ0) is 20.6. The molecule has 0 spiro atoms. The summed E-state index contributed by atoms with van der Waals surface area (Å²) in [6, 6.07) is 3.07. The molecule has 2 aromatic heterocycles. The Morgan fingerprint density at radius 1 is 1.14 bits per heavy atom. The topological polar surface area (TPSA) is 93.8 Å². The first-order valence-electron chi connectivity index (χ1n) is 8.43. The van der Waals surface area contributed by atoms with E-state index in [1.165, 1.54) is 18.5 Å². The maximum Gasteiger partial charge on any atom is 0.408 e. The van der Waals surface area contributed by atoms with Gasteiger partial charge in [-0.3, -0.25) is 4.79 Å². The number of nitrogens with one attached hydrogen (secondary N) is 1. The Labute approximate surface area is 159 Å². The fraction of sp³-hybridized carbons (Fsp3) is 0.263. The maximum atomic E-state index is 12.9. The third-order valence-corrected chi connectivity index (χ3v) is 4.30. The van der Waals surface area contributed by atoms with Crippen LogP contribution in [0.25, 0.3) is 22.2 Å². The second-order valence-electron chi connectivity index (χ2n) is 6.60. The van der Waals surface area contributed by atoms with Crippen LogP contribution in [0.4, 0.5) is 19.1 Å². The number of nitrogens with zero attached hydrogens (tertiary/aromatic N) is 3. The highest BCUT2D eigenvalue weighted by atomic mass is 19.4. The van der Waals surface area contributed by atoms with Crippen LogP contribution < -0.4 is 11.1 Å². The molecule has 28 heavy (non-hydrogen) atoms. The lowest BCUT2D eigenvalue weighted by molar-refractivity contribution is -0.149. The number of aryl methyl sites for hydroxylation is 2. The zero-order valence-electron chi connectivity index (χ0n) is 15.4. The van der Waals surface area contributed by atoms with Gasteiger partial charge in [0.25, 0.3) is 5.91 Å². The third kappa shape index (κ3) is 3.88. The largest absolute Gasteiger partial charge is 0.408 e. The minimum absolute atomic E-state index is 0.0770. The second-order valence-corrected chi connectivity index (χ2v) is 6.60. The van der Waals surface area contributed by atoms with Crippen LogP contribution in [0.1, 0.15) is 28.4 Å². The SMILES string of the molecule is Cc1cc(C)c2c(C(=O)N[C@H](C)C(F)(F)F)cc(-c3cnc(N)nc3)nc2c1. The van der Waals surface area contributed by atoms with Crippen LogP contribution >= 0.6 is 0 Å². The van der Waals surface area contributed by atoms with Crippen LogP contribution in [0.15, 0.2) is 30.6 Å². The number of rotatable bonds is 3. The normalized spacial score (nSPS) is 12.8. The fourth-order valence-electron chi connectivity index (χ4n) is 2.91. The van der Waals surface area contributed by atoms with Gasteiger partial charge in [-0.2, -0.15) is 13.2 Å². The number of hydrogen-bond donors (Lipinski definition) is 2. The number of alkyl halides is 3. The molecule has 0 saturated carbocycles. The van der Waals surface area contributed by atoms with Gasteiger partial charge in [-0.15, -0.1) is 0 Å². The minimum Gasteiger partial charge on any atom is -0.368 e. The van der Waals surface area contributed by atoms with Crippen LogP contribution in [0.3, 0.4) is 0 Å². The average Bonchev–Trinajstić information content (AvgIpc) is 2.60. The maximum absolute atomic E-state index is 12.9. The molecule has 0 unspecified atom stereocenters. The lowest BCUT2D eigenvalue weighted by Crippen LogP contribution is -2.43. The number of benzene rings is 1. The minimum atomic E-state index is -4.54. The molecule has 1 aromatic carbocycles. The summed E-state index contributed by atoms with van der Waals surface area (Å²) in [5.74, 6) is -0.755.